The summed E-state index contributed by atoms with van der Waals surface area (Å²) in [4.78, 5) is 17.6. The number of aromatic amines is 1. The van der Waals surface area contributed by atoms with Gasteiger partial charge in [0.1, 0.15) is 17.1 Å². The van der Waals surface area contributed by atoms with Gasteiger partial charge in [0.05, 0.1) is 6.04 Å². The van der Waals surface area contributed by atoms with Crippen molar-refractivity contribution in [2.75, 3.05) is 19.6 Å². The number of hydrogen-bond donors (Lipinski definition) is 1. The average molecular weight is 312 g/mol. The molecular formula is C16H20N6O. The van der Waals surface area contributed by atoms with Crippen LogP contribution >= 0.6 is 0 Å². The highest BCUT2D eigenvalue weighted by atomic mass is 16.2. The number of rotatable bonds is 2. The van der Waals surface area contributed by atoms with Crippen molar-refractivity contribution in [2.24, 2.45) is 7.05 Å². The number of hydrogen-bond acceptors (Lipinski definition) is 4. The van der Waals surface area contributed by atoms with E-state index in [-0.39, 0.29) is 5.91 Å². The molecule has 0 bridgehead atoms. The van der Waals surface area contributed by atoms with Gasteiger partial charge in [-0.1, -0.05) is 0 Å². The molecule has 2 saturated heterocycles. The Bertz CT molecular complexity index is 775. The van der Waals surface area contributed by atoms with E-state index >= 15 is 0 Å². The molecule has 7 heteroatoms. The highest BCUT2D eigenvalue weighted by Crippen LogP contribution is 2.51. The minimum Gasteiger partial charge on any atom is -0.331 e. The van der Waals surface area contributed by atoms with Gasteiger partial charge in [0.25, 0.3) is 5.91 Å². The molecule has 2 aliphatic heterocycles. The Kier molecular flexibility index (Phi) is 2.57. The predicted octanol–water partition coefficient (Wildman–Crippen LogP) is 0.873. The third-order valence-corrected chi connectivity index (χ3v) is 5.95. The lowest BCUT2D eigenvalue weighted by Gasteiger charge is -2.68. The topological polar surface area (TPSA) is 70.1 Å². The van der Waals surface area contributed by atoms with E-state index in [0.29, 0.717) is 17.3 Å². The Morgan fingerprint density at radius 1 is 1.30 bits per heavy atom. The number of nitrogens with zero attached hydrogens (tertiary/aromatic N) is 5. The van der Waals surface area contributed by atoms with Gasteiger partial charge in [-0.05, 0) is 31.4 Å². The zero-order valence-electron chi connectivity index (χ0n) is 13.2. The van der Waals surface area contributed by atoms with Crippen LogP contribution < -0.4 is 0 Å². The summed E-state index contributed by atoms with van der Waals surface area (Å²) < 4.78 is 1.74. The molecule has 1 aliphatic carbocycles. The Morgan fingerprint density at radius 2 is 2.22 bits per heavy atom. The molecule has 4 heterocycles. The number of H-pyrrole nitrogens is 1. The van der Waals surface area contributed by atoms with Crippen molar-refractivity contribution in [3.8, 4) is 11.4 Å². The van der Waals surface area contributed by atoms with Crippen LogP contribution in [0.15, 0.2) is 18.3 Å². The van der Waals surface area contributed by atoms with E-state index in [2.05, 4.69) is 25.1 Å². The summed E-state index contributed by atoms with van der Waals surface area (Å²) in [7, 11) is 1.87. The summed E-state index contributed by atoms with van der Waals surface area (Å²) in [6.45, 7) is 3.03. The minimum absolute atomic E-state index is 0.0790. The molecule has 3 fully saturated rings. The summed E-state index contributed by atoms with van der Waals surface area (Å²) in [6.07, 6.45) is 5.48. The van der Waals surface area contributed by atoms with Crippen molar-refractivity contribution in [1.82, 2.24) is 29.8 Å². The number of nitrogens with one attached hydrogen (secondary N) is 1. The molecule has 2 aromatic heterocycles. The van der Waals surface area contributed by atoms with Crippen LogP contribution in [0.1, 0.15) is 29.8 Å². The van der Waals surface area contributed by atoms with Crippen LogP contribution in [0.2, 0.25) is 0 Å². The van der Waals surface area contributed by atoms with Crippen LogP contribution in [-0.4, -0.2) is 66.9 Å². The highest BCUT2D eigenvalue weighted by Gasteiger charge is 2.61. The number of aromatic nitrogens is 4. The van der Waals surface area contributed by atoms with Crippen molar-refractivity contribution in [1.29, 1.82) is 0 Å². The smallest absolute Gasteiger partial charge is 0.272 e. The fourth-order valence-electron chi connectivity index (χ4n) is 4.50. The third kappa shape index (κ3) is 1.71. The molecule has 23 heavy (non-hydrogen) atoms. The van der Waals surface area contributed by atoms with Crippen molar-refractivity contribution >= 4 is 5.91 Å². The van der Waals surface area contributed by atoms with E-state index in [4.69, 9.17) is 0 Å². The van der Waals surface area contributed by atoms with E-state index in [1.165, 1.54) is 19.4 Å². The zero-order valence-corrected chi connectivity index (χ0v) is 13.2. The van der Waals surface area contributed by atoms with E-state index < -0.39 is 0 Å². The van der Waals surface area contributed by atoms with Gasteiger partial charge in [-0.25, -0.2) is 0 Å². The van der Waals surface area contributed by atoms with E-state index in [0.717, 1.165) is 30.9 Å². The van der Waals surface area contributed by atoms with Crippen LogP contribution in [0.5, 0.6) is 0 Å². The molecule has 3 aliphatic rings. The molecule has 0 aromatic carbocycles. The number of carbonyl (C=O) groups excluding carboxylic acids is 1. The van der Waals surface area contributed by atoms with Gasteiger partial charge in [-0.3, -0.25) is 19.5 Å². The first kappa shape index (κ1) is 13.3. The Balaban J connectivity index is 1.40. The number of amides is 1. The first-order chi connectivity index (χ1) is 11.2. The van der Waals surface area contributed by atoms with E-state index in [9.17, 15) is 4.79 Å². The van der Waals surface area contributed by atoms with Gasteiger partial charge in [0.2, 0.25) is 0 Å². The van der Waals surface area contributed by atoms with Crippen molar-refractivity contribution < 1.29 is 4.79 Å². The van der Waals surface area contributed by atoms with Gasteiger partial charge in [0, 0.05) is 38.4 Å². The number of piperazine rings is 1. The van der Waals surface area contributed by atoms with E-state index in [1.807, 2.05) is 25.4 Å². The van der Waals surface area contributed by atoms with Crippen LogP contribution in [0, 0.1) is 0 Å². The fraction of sp³-hybridized carbons (Fsp3) is 0.562. The fourth-order valence-corrected chi connectivity index (χ4v) is 4.50. The first-order valence-electron chi connectivity index (χ1n) is 8.29. The SMILES string of the molecule is Cn1ccc(-c2cc(C(=O)N3CCN4CCC45CCC35)[nH]n2)n1. The lowest BCUT2D eigenvalue weighted by molar-refractivity contribution is -0.161. The van der Waals surface area contributed by atoms with Crippen LogP contribution in [0.3, 0.4) is 0 Å². The van der Waals surface area contributed by atoms with Crippen molar-refractivity contribution in [3.63, 3.8) is 0 Å². The van der Waals surface area contributed by atoms with Gasteiger partial charge in [-0.2, -0.15) is 10.2 Å². The average Bonchev–Trinajstić information content (AvgIpc) is 3.10. The Labute approximate surface area is 134 Å². The van der Waals surface area contributed by atoms with E-state index in [1.54, 1.807) is 4.68 Å². The molecule has 1 spiro atoms. The lowest BCUT2D eigenvalue weighted by Crippen LogP contribution is -2.79. The first-order valence-corrected chi connectivity index (χ1v) is 8.29. The van der Waals surface area contributed by atoms with Crippen LogP contribution in [0.4, 0.5) is 0 Å². The second-order valence-electron chi connectivity index (χ2n) is 6.94. The van der Waals surface area contributed by atoms with Crippen molar-refractivity contribution in [2.45, 2.75) is 30.8 Å². The van der Waals surface area contributed by atoms with Gasteiger partial charge in [0.15, 0.2) is 0 Å². The molecule has 5 rings (SSSR count). The quantitative estimate of drug-likeness (QED) is 0.893. The molecule has 0 radical (unpaired) electrons. The minimum atomic E-state index is 0.0790. The molecular weight excluding hydrogens is 292 g/mol. The van der Waals surface area contributed by atoms with Crippen molar-refractivity contribution in [3.05, 3.63) is 24.0 Å². The summed E-state index contributed by atoms with van der Waals surface area (Å²) in [5.74, 6) is 0.0790. The Hall–Kier alpha value is -2.15. The maximum Gasteiger partial charge on any atom is 0.272 e. The third-order valence-electron chi connectivity index (χ3n) is 5.95. The van der Waals surface area contributed by atoms with Gasteiger partial charge >= 0.3 is 0 Å². The monoisotopic (exact) mass is 312 g/mol. The summed E-state index contributed by atoms with van der Waals surface area (Å²) in [6, 6.07) is 4.11. The number of carbonyl (C=O) groups is 1. The summed E-state index contributed by atoms with van der Waals surface area (Å²) >= 11 is 0. The van der Waals surface area contributed by atoms with Gasteiger partial charge < -0.3 is 4.90 Å². The molecule has 1 amide bonds. The largest absolute Gasteiger partial charge is 0.331 e. The number of aryl methyl sites for hydroxylation is 1. The molecule has 2 atom stereocenters. The standard InChI is InChI=1S/C16H20N6O/c1-20-6-3-11(19-20)12-10-13(18-17-12)15(23)22-9-8-21-7-5-16(21)4-2-14(16)22/h3,6,10,14H,2,4-5,7-9H2,1H3,(H,17,18). The normalized spacial score (nSPS) is 29.4. The van der Waals surface area contributed by atoms with Crippen LogP contribution in [0.25, 0.3) is 11.4 Å². The molecule has 2 aromatic rings. The molecule has 7 nitrogen and oxygen atoms in total. The van der Waals surface area contributed by atoms with Crippen LogP contribution in [-0.2, 0) is 7.05 Å². The predicted molar refractivity (Wildman–Crippen MR) is 83.8 cm³/mol. The second-order valence-corrected chi connectivity index (χ2v) is 6.94. The highest BCUT2D eigenvalue weighted by molar-refractivity contribution is 5.93. The molecule has 120 valence electrons. The maximum atomic E-state index is 12.9. The molecule has 1 N–H and O–H groups in total. The Morgan fingerprint density at radius 3 is 2.87 bits per heavy atom. The second kappa shape index (κ2) is 4.44. The molecule has 2 unspecified atom stereocenters. The summed E-state index contributed by atoms with van der Waals surface area (Å²) in [5, 5.41) is 11.5. The van der Waals surface area contributed by atoms with Gasteiger partial charge in [-0.15, -0.1) is 0 Å². The lowest BCUT2D eigenvalue weighted by atomic mass is 9.61. The zero-order chi connectivity index (χ0) is 15.6. The maximum absolute atomic E-state index is 12.9. The summed E-state index contributed by atoms with van der Waals surface area (Å²) in [5.41, 5.74) is 2.38. The molecule has 1 saturated carbocycles.